The molecule has 0 aliphatic heterocycles. The highest BCUT2D eigenvalue weighted by Crippen LogP contribution is 2.11. The SMILES string of the molecule is c1cc2cnc3nnccc3n2c1. The lowest BCUT2D eigenvalue weighted by Gasteiger charge is -1.98. The average molecular weight is 170 g/mol. The molecule has 13 heavy (non-hydrogen) atoms. The lowest BCUT2D eigenvalue weighted by molar-refractivity contribution is 1.03. The Bertz CT molecular complexity index is 570. The molecule has 0 unspecified atom stereocenters. The minimum absolute atomic E-state index is 0.672. The van der Waals surface area contributed by atoms with Gasteiger partial charge in [0.2, 0.25) is 0 Å². The number of fused-ring (bicyclic) bond motifs is 3. The van der Waals surface area contributed by atoms with Gasteiger partial charge in [-0.05, 0) is 18.2 Å². The Morgan fingerprint density at radius 2 is 2.23 bits per heavy atom. The van der Waals surface area contributed by atoms with E-state index in [0.29, 0.717) is 5.65 Å². The summed E-state index contributed by atoms with van der Waals surface area (Å²) in [6.45, 7) is 0. The summed E-state index contributed by atoms with van der Waals surface area (Å²) in [5.74, 6) is 0. The molecule has 0 saturated heterocycles. The highest BCUT2D eigenvalue weighted by molar-refractivity contribution is 5.73. The van der Waals surface area contributed by atoms with E-state index in [1.165, 1.54) is 0 Å². The third-order valence-corrected chi connectivity index (χ3v) is 2.04. The van der Waals surface area contributed by atoms with E-state index >= 15 is 0 Å². The van der Waals surface area contributed by atoms with Gasteiger partial charge in [-0.25, -0.2) is 4.98 Å². The first kappa shape index (κ1) is 6.54. The topological polar surface area (TPSA) is 43.1 Å². The van der Waals surface area contributed by atoms with Crippen molar-refractivity contribution in [1.29, 1.82) is 0 Å². The van der Waals surface area contributed by atoms with Gasteiger partial charge >= 0.3 is 0 Å². The lowest BCUT2D eigenvalue weighted by Crippen LogP contribution is -1.92. The Kier molecular flexibility index (Phi) is 1.14. The summed E-state index contributed by atoms with van der Waals surface area (Å²) >= 11 is 0. The summed E-state index contributed by atoms with van der Waals surface area (Å²) < 4.78 is 2.04. The third-order valence-electron chi connectivity index (χ3n) is 2.04. The van der Waals surface area contributed by atoms with Crippen LogP contribution in [0.15, 0.2) is 36.8 Å². The molecule has 0 aromatic carbocycles. The predicted molar refractivity (Wildman–Crippen MR) is 48.3 cm³/mol. The summed E-state index contributed by atoms with van der Waals surface area (Å²) in [5, 5.41) is 7.71. The molecular formula is C9H6N4. The Morgan fingerprint density at radius 3 is 3.23 bits per heavy atom. The minimum Gasteiger partial charge on any atom is -0.312 e. The number of aromatic nitrogens is 4. The van der Waals surface area contributed by atoms with Crippen LogP contribution in [0.1, 0.15) is 0 Å². The van der Waals surface area contributed by atoms with E-state index in [4.69, 9.17) is 0 Å². The van der Waals surface area contributed by atoms with Gasteiger partial charge in [-0.15, -0.1) is 5.10 Å². The molecule has 3 aromatic heterocycles. The van der Waals surface area contributed by atoms with E-state index in [-0.39, 0.29) is 0 Å². The molecule has 0 N–H and O–H groups in total. The minimum atomic E-state index is 0.672. The third kappa shape index (κ3) is 0.823. The second-order valence-electron chi connectivity index (χ2n) is 2.80. The number of hydrogen-bond donors (Lipinski definition) is 0. The fourth-order valence-corrected chi connectivity index (χ4v) is 1.44. The van der Waals surface area contributed by atoms with E-state index in [1.54, 1.807) is 12.4 Å². The van der Waals surface area contributed by atoms with Crippen LogP contribution in [0, 0.1) is 0 Å². The van der Waals surface area contributed by atoms with E-state index in [2.05, 4.69) is 15.2 Å². The first-order chi connectivity index (χ1) is 6.45. The molecule has 0 aliphatic carbocycles. The van der Waals surface area contributed by atoms with E-state index < -0.39 is 0 Å². The predicted octanol–water partition coefficient (Wildman–Crippen LogP) is 1.28. The molecule has 4 heteroatoms. The lowest BCUT2D eigenvalue weighted by atomic mass is 10.4. The van der Waals surface area contributed by atoms with Crippen LogP contribution in [-0.4, -0.2) is 19.6 Å². The van der Waals surface area contributed by atoms with E-state index in [9.17, 15) is 0 Å². The molecule has 0 fully saturated rings. The van der Waals surface area contributed by atoms with Gasteiger partial charge in [0, 0.05) is 6.20 Å². The van der Waals surface area contributed by atoms with Crippen molar-refractivity contribution in [3.63, 3.8) is 0 Å². The normalized spacial score (nSPS) is 11.1. The van der Waals surface area contributed by atoms with Crippen molar-refractivity contribution in [2.24, 2.45) is 0 Å². The number of nitrogens with zero attached hydrogens (tertiary/aromatic N) is 4. The highest BCUT2D eigenvalue weighted by Gasteiger charge is 1.99. The summed E-state index contributed by atoms with van der Waals surface area (Å²) in [4.78, 5) is 4.19. The maximum atomic E-state index is 4.19. The first-order valence-corrected chi connectivity index (χ1v) is 3.99. The molecule has 62 valence electrons. The Morgan fingerprint density at radius 1 is 1.23 bits per heavy atom. The molecule has 3 heterocycles. The molecule has 0 spiro atoms. The largest absolute Gasteiger partial charge is 0.312 e. The van der Waals surface area contributed by atoms with Crippen molar-refractivity contribution in [3.05, 3.63) is 36.8 Å². The van der Waals surface area contributed by atoms with Gasteiger partial charge in [-0.1, -0.05) is 0 Å². The molecule has 0 bridgehead atoms. The van der Waals surface area contributed by atoms with Crippen LogP contribution >= 0.6 is 0 Å². The van der Waals surface area contributed by atoms with Crippen molar-refractivity contribution in [1.82, 2.24) is 19.6 Å². The molecule has 0 amide bonds. The maximum Gasteiger partial charge on any atom is 0.198 e. The second kappa shape index (κ2) is 2.26. The standard InChI is InChI=1S/C9H6N4/c1-2-7-6-10-9-8(13(7)5-1)3-4-11-12-9/h1-6H. The van der Waals surface area contributed by atoms with Gasteiger partial charge in [-0.3, -0.25) is 0 Å². The molecular weight excluding hydrogens is 164 g/mol. The van der Waals surface area contributed by atoms with Crippen molar-refractivity contribution in [2.45, 2.75) is 0 Å². The maximum absolute atomic E-state index is 4.19. The Labute approximate surface area is 73.9 Å². The molecule has 0 radical (unpaired) electrons. The summed E-state index contributed by atoms with van der Waals surface area (Å²) in [6.07, 6.45) is 5.45. The molecule has 4 nitrogen and oxygen atoms in total. The summed E-state index contributed by atoms with van der Waals surface area (Å²) in [6, 6.07) is 5.89. The second-order valence-corrected chi connectivity index (χ2v) is 2.80. The van der Waals surface area contributed by atoms with Gasteiger partial charge in [0.1, 0.15) is 0 Å². The van der Waals surface area contributed by atoms with Crippen LogP contribution < -0.4 is 0 Å². The van der Waals surface area contributed by atoms with Crippen molar-refractivity contribution in [3.8, 4) is 0 Å². The van der Waals surface area contributed by atoms with Crippen molar-refractivity contribution in [2.75, 3.05) is 0 Å². The fraction of sp³-hybridized carbons (Fsp3) is 0. The smallest absolute Gasteiger partial charge is 0.198 e. The molecule has 0 atom stereocenters. The van der Waals surface area contributed by atoms with Crippen molar-refractivity contribution < 1.29 is 0 Å². The monoisotopic (exact) mass is 170 g/mol. The molecule has 0 aliphatic rings. The number of hydrogen-bond acceptors (Lipinski definition) is 3. The quantitative estimate of drug-likeness (QED) is 0.510. The molecule has 3 rings (SSSR count). The van der Waals surface area contributed by atoms with Crippen LogP contribution in [0.3, 0.4) is 0 Å². The van der Waals surface area contributed by atoms with Gasteiger partial charge in [-0.2, -0.15) is 5.10 Å². The van der Waals surface area contributed by atoms with Crippen LogP contribution in [0.5, 0.6) is 0 Å². The number of rotatable bonds is 0. The first-order valence-electron chi connectivity index (χ1n) is 3.99. The van der Waals surface area contributed by atoms with Crippen molar-refractivity contribution >= 4 is 16.7 Å². The molecule has 0 saturated carbocycles. The highest BCUT2D eigenvalue weighted by atomic mass is 15.1. The zero-order valence-corrected chi connectivity index (χ0v) is 6.75. The zero-order chi connectivity index (χ0) is 8.67. The Hall–Kier alpha value is -1.97. The van der Waals surface area contributed by atoms with Crippen LogP contribution in [-0.2, 0) is 0 Å². The van der Waals surface area contributed by atoms with Gasteiger partial charge in [0.15, 0.2) is 5.65 Å². The molecule has 3 aromatic rings. The summed E-state index contributed by atoms with van der Waals surface area (Å²) in [5.41, 5.74) is 2.73. The average Bonchev–Trinajstić information content (AvgIpc) is 2.65. The van der Waals surface area contributed by atoms with Crippen LogP contribution in [0.4, 0.5) is 0 Å². The van der Waals surface area contributed by atoms with E-state index in [1.807, 2.05) is 28.8 Å². The fourth-order valence-electron chi connectivity index (χ4n) is 1.44. The van der Waals surface area contributed by atoms with Gasteiger partial charge in [0.05, 0.1) is 23.4 Å². The van der Waals surface area contributed by atoms with Crippen LogP contribution in [0.2, 0.25) is 0 Å². The van der Waals surface area contributed by atoms with Gasteiger partial charge < -0.3 is 4.40 Å². The van der Waals surface area contributed by atoms with Gasteiger partial charge in [0.25, 0.3) is 0 Å². The summed E-state index contributed by atoms with van der Waals surface area (Å²) in [7, 11) is 0. The zero-order valence-electron chi connectivity index (χ0n) is 6.75. The van der Waals surface area contributed by atoms with E-state index in [0.717, 1.165) is 11.0 Å². The Balaban J connectivity index is 2.65. The van der Waals surface area contributed by atoms with Crippen LogP contribution in [0.25, 0.3) is 16.7 Å².